The van der Waals surface area contributed by atoms with Gasteiger partial charge in [-0.1, -0.05) is 17.7 Å². The van der Waals surface area contributed by atoms with Gasteiger partial charge in [-0.2, -0.15) is 5.10 Å². The Morgan fingerprint density at radius 2 is 2.18 bits per heavy atom. The minimum absolute atomic E-state index is 0.302. The molecule has 22 heavy (non-hydrogen) atoms. The van der Waals surface area contributed by atoms with Crippen molar-refractivity contribution in [3.05, 3.63) is 65.8 Å². The summed E-state index contributed by atoms with van der Waals surface area (Å²) in [6, 6.07) is 10.2. The molecule has 2 amide bonds. The van der Waals surface area contributed by atoms with Gasteiger partial charge in [0.05, 0.1) is 23.5 Å². The lowest BCUT2D eigenvalue weighted by molar-refractivity contribution is 0.251. The Bertz CT molecular complexity index is 754. The van der Waals surface area contributed by atoms with E-state index in [0.29, 0.717) is 28.7 Å². The van der Waals surface area contributed by atoms with Gasteiger partial charge in [-0.15, -0.1) is 0 Å². The van der Waals surface area contributed by atoms with Crippen molar-refractivity contribution < 1.29 is 9.21 Å². The predicted molar refractivity (Wildman–Crippen MR) is 83.1 cm³/mol. The highest BCUT2D eigenvalue weighted by atomic mass is 35.5. The van der Waals surface area contributed by atoms with E-state index >= 15 is 0 Å². The number of nitrogens with zero attached hydrogens (tertiary/aromatic N) is 2. The second kappa shape index (κ2) is 6.36. The van der Waals surface area contributed by atoms with Gasteiger partial charge in [-0.05, 0) is 30.3 Å². The van der Waals surface area contributed by atoms with Crippen LogP contribution in [0.3, 0.4) is 0 Å². The quantitative estimate of drug-likeness (QED) is 0.774. The Morgan fingerprint density at radius 3 is 2.91 bits per heavy atom. The zero-order chi connectivity index (χ0) is 15.4. The molecule has 0 spiro atoms. The van der Waals surface area contributed by atoms with Crippen LogP contribution < -0.4 is 10.6 Å². The molecule has 0 saturated carbocycles. The highest BCUT2D eigenvalue weighted by Crippen LogP contribution is 2.27. The molecule has 3 rings (SSSR count). The SMILES string of the molecule is O=C(NCc1ccco1)Nc1cccc(Cl)c1-n1cccn1. The molecular formula is C15H13ClN4O2. The average molecular weight is 317 g/mol. The van der Waals surface area contributed by atoms with E-state index in [-0.39, 0.29) is 6.03 Å². The zero-order valence-corrected chi connectivity index (χ0v) is 12.2. The van der Waals surface area contributed by atoms with E-state index < -0.39 is 0 Å². The van der Waals surface area contributed by atoms with Gasteiger partial charge in [0, 0.05) is 12.4 Å². The fourth-order valence-corrected chi connectivity index (χ4v) is 2.26. The first-order valence-corrected chi connectivity index (χ1v) is 6.97. The third-order valence-electron chi connectivity index (χ3n) is 2.97. The summed E-state index contributed by atoms with van der Waals surface area (Å²) in [6.45, 7) is 0.302. The highest BCUT2D eigenvalue weighted by Gasteiger charge is 2.12. The van der Waals surface area contributed by atoms with E-state index in [1.54, 1.807) is 59.7 Å². The molecule has 2 heterocycles. The first-order valence-electron chi connectivity index (χ1n) is 6.60. The van der Waals surface area contributed by atoms with E-state index in [4.69, 9.17) is 16.0 Å². The number of rotatable bonds is 4. The lowest BCUT2D eigenvalue weighted by Crippen LogP contribution is -2.28. The predicted octanol–water partition coefficient (Wildman–Crippen LogP) is 3.44. The number of carbonyl (C=O) groups is 1. The number of amides is 2. The van der Waals surface area contributed by atoms with Crippen molar-refractivity contribution in [2.24, 2.45) is 0 Å². The van der Waals surface area contributed by atoms with Crippen molar-refractivity contribution in [2.75, 3.05) is 5.32 Å². The van der Waals surface area contributed by atoms with Crippen molar-refractivity contribution in [3.63, 3.8) is 0 Å². The van der Waals surface area contributed by atoms with Crippen LogP contribution in [0.5, 0.6) is 0 Å². The monoisotopic (exact) mass is 316 g/mol. The number of hydrogen-bond acceptors (Lipinski definition) is 3. The fourth-order valence-electron chi connectivity index (χ4n) is 2.00. The van der Waals surface area contributed by atoms with Gasteiger partial charge in [0.15, 0.2) is 0 Å². The molecule has 1 aromatic carbocycles. The Hall–Kier alpha value is -2.73. The summed E-state index contributed by atoms with van der Waals surface area (Å²) in [6.07, 6.45) is 4.96. The Kier molecular flexibility index (Phi) is 4.11. The van der Waals surface area contributed by atoms with Crippen LogP contribution in [0.25, 0.3) is 5.69 Å². The summed E-state index contributed by atoms with van der Waals surface area (Å²) < 4.78 is 6.76. The molecule has 0 aliphatic rings. The Morgan fingerprint density at radius 1 is 1.27 bits per heavy atom. The van der Waals surface area contributed by atoms with E-state index in [1.165, 1.54) is 0 Å². The number of anilines is 1. The minimum Gasteiger partial charge on any atom is -0.467 e. The lowest BCUT2D eigenvalue weighted by Gasteiger charge is -2.13. The van der Waals surface area contributed by atoms with Gasteiger partial charge in [-0.25, -0.2) is 9.48 Å². The standard InChI is InChI=1S/C15H13ClN4O2/c16-12-5-1-6-13(14(12)20-8-3-7-18-20)19-15(21)17-10-11-4-2-9-22-11/h1-9H,10H2,(H2,17,19,21). The normalized spacial score (nSPS) is 10.4. The number of aromatic nitrogens is 2. The van der Waals surface area contributed by atoms with Crippen molar-refractivity contribution in [3.8, 4) is 5.69 Å². The molecule has 0 aliphatic carbocycles. The third-order valence-corrected chi connectivity index (χ3v) is 3.28. The molecule has 3 aromatic rings. The number of halogens is 1. The molecule has 2 N–H and O–H groups in total. The summed E-state index contributed by atoms with van der Waals surface area (Å²) >= 11 is 6.22. The first kappa shape index (κ1) is 14.2. The molecule has 0 unspecified atom stereocenters. The topological polar surface area (TPSA) is 72.1 Å². The number of para-hydroxylation sites is 1. The molecule has 0 bridgehead atoms. The maximum absolute atomic E-state index is 12.0. The van der Waals surface area contributed by atoms with Crippen LogP contribution in [0.15, 0.2) is 59.5 Å². The highest BCUT2D eigenvalue weighted by molar-refractivity contribution is 6.33. The number of carbonyl (C=O) groups excluding carboxylic acids is 1. The number of urea groups is 1. The van der Waals surface area contributed by atoms with Gasteiger partial charge >= 0.3 is 6.03 Å². The second-order valence-corrected chi connectivity index (χ2v) is 4.88. The minimum atomic E-state index is -0.355. The largest absolute Gasteiger partial charge is 0.467 e. The molecule has 7 heteroatoms. The van der Waals surface area contributed by atoms with Crippen molar-refractivity contribution >= 4 is 23.3 Å². The molecule has 0 fully saturated rings. The van der Waals surface area contributed by atoms with Crippen molar-refractivity contribution in [2.45, 2.75) is 6.54 Å². The maximum atomic E-state index is 12.0. The van der Waals surface area contributed by atoms with E-state index in [0.717, 1.165) is 0 Å². The van der Waals surface area contributed by atoms with E-state index in [1.807, 2.05) is 0 Å². The van der Waals surface area contributed by atoms with Crippen LogP contribution in [0.4, 0.5) is 10.5 Å². The molecule has 112 valence electrons. The van der Waals surface area contributed by atoms with Crippen LogP contribution in [-0.2, 0) is 6.54 Å². The lowest BCUT2D eigenvalue weighted by atomic mass is 10.2. The Labute approximate surface area is 131 Å². The van der Waals surface area contributed by atoms with Crippen LogP contribution in [-0.4, -0.2) is 15.8 Å². The van der Waals surface area contributed by atoms with Crippen LogP contribution >= 0.6 is 11.6 Å². The molecule has 0 aliphatic heterocycles. The van der Waals surface area contributed by atoms with E-state index in [2.05, 4.69) is 15.7 Å². The summed E-state index contributed by atoms with van der Waals surface area (Å²) in [5.41, 5.74) is 1.18. The zero-order valence-electron chi connectivity index (χ0n) is 11.5. The van der Waals surface area contributed by atoms with Crippen molar-refractivity contribution in [1.82, 2.24) is 15.1 Å². The summed E-state index contributed by atoms with van der Waals surface area (Å²) in [5.74, 6) is 0.675. The summed E-state index contributed by atoms with van der Waals surface area (Å²) in [5, 5.41) is 10.1. The average Bonchev–Trinajstić information content (AvgIpc) is 3.19. The molecule has 0 radical (unpaired) electrons. The number of furan rings is 1. The second-order valence-electron chi connectivity index (χ2n) is 4.47. The molecular weight excluding hydrogens is 304 g/mol. The fraction of sp³-hybridized carbons (Fsp3) is 0.0667. The summed E-state index contributed by atoms with van der Waals surface area (Å²) in [4.78, 5) is 12.0. The third kappa shape index (κ3) is 3.12. The van der Waals surface area contributed by atoms with Crippen LogP contribution in [0.2, 0.25) is 5.02 Å². The van der Waals surface area contributed by atoms with Gasteiger partial charge in [0.1, 0.15) is 11.4 Å². The van der Waals surface area contributed by atoms with Crippen molar-refractivity contribution in [1.29, 1.82) is 0 Å². The van der Waals surface area contributed by atoms with Gasteiger partial charge in [0.25, 0.3) is 0 Å². The number of benzene rings is 1. The van der Waals surface area contributed by atoms with Gasteiger partial charge in [0.2, 0.25) is 0 Å². The summed E-state index contributed by atoms with van der Waals surface area (Å²) in [7, 11) is 0. The Balaban J connectivity index is 1.75. The molecule has 0 saturated heterocycles. The maximum Gasteiger partial charge on any atom is 0.319 e. The number of hydrogen-bond donors (Lipinski definition) is 2. The van der Waals surface area contributed by atoms with Crippen LogP contribution in [0, 0.1) is 0 Å². The molecule has 6 nitrogen and oxygen atoms in total. The van der Waals surface area contributed by atoms with E-state index in [9.17, 15) is 4.79 Å². The van der Waals surface area contributed by atoms with Gasteiger partial charge < -0.3 is 15.1 Å². The van der Waals surface area contributed by atoms with Crippen LogP contribution in [0.1, 0.15) is 5.76 Å². The molecule has 2 aromatic heterocycles. The number of nitrogens with one attached hydrogen (secondary N) is 2. The first-order chi connectivity index (χ1) is 10.7. The smallest absolute Gasteiger partial charge is 0.319 e. The van der Waals surface area contributed by atoms with Gasteiger partial charge in [-0.3, -0.25) is 0 Å². The molecule has 0 atom stereocenters.